The average Bonchev–Trinajstić information content (AvgIpc) is 2.55. The predicted octanol–water partition coefficient (Wildman–Crippen LogP) is 1.48. The summed E-state index contributed by atoms with van der Waals surface area (Å²) in [7, 11) is -2.20. The van der Waals surface area contributed by atoms with Gasteiger partial charge in [0.2, 0.25) is 15.9 Å². The van der Waals surface area contributed by atoms with Gasteiger partial charge in [0.05, 0.1) is 4.90 Å². The van der Waals surface area contributed by atoms with E-state index in [1.54, 1.807) is 0 Å². The van der Waals surface area contributed by atoms with E-state index >= 15 is 0 Å². The van der Waals surface area contributed by atoms with Crippen LogP contribution in [0.3, 0.4) is 0 Å². The predicted molar refractivity (Wildman–Crippen MR) is 94.1 cm³/mol. The zero-order valence-corrected chi connectivity index (χ0v) is 15.5. The Labute approximate surface area is 148 Å². The summed E-state index contributed by atoms with van der Waals surface area (Å²) in [5, 5.41) is 6.34. The number of sulfonamides is 1. The number of hydrogen-bond acceptors (Lipinski definition) is 4. The molecule has 1 saturated heterocycles. The van der Waals surface area contributed by atoms with Crippen LogP contribution in [0.15, 0.2) is 29.2 Å². The SMILES string of the molecule is CC1CC(NC(=O)CCCN(C)S(=O)(=O)c2ccc(F)cc2)CCN1. The second-order valence-corrected chi connectivity index (χ2v) is 8.57. The van der Waals surface area contributed by atoms with E-state index in [4.69, 9.17) is 0 Å². The molecule has 8 heteroatoms. The number of carbonyl (C=O) groups excluding carboxylic acids is 1. The van der Waals surface area contributed by atoms with Gasteiger partial charge in [0, 0.05) is 32.1 Å². The van der Waals surface area contributed by atoms with Gasteiger partial charge in [0.15, 0.2) is 0 Å². The number of piperidine rings is 1. The minimum absolute atomic E-state index is 0.0459. The molecule has 1 amide bonds. The van der Waals surface area contributed by atoms with Gasteiger partial charge >= 0.3 is 0 Å². The average molecular weight is 371 g/mol. The number of halogens is 1. The Morgan fingerprint density at radius 1 is 1.36 bits per heavy atom. The van der Waals surface area contributed by atoms with E-state index in [-0.39, 0.29) is 29.8 Å². The fraction of sp³-hybridized carbons (Fsp3) is 0.588. The Balaban J connectivity index is 1.78. The number of nitrogens with one attached hydrogen (secondary N) is 2. The van der Waals surface area contributed by atoms with Gasteiger partial charge in [0.1, 0.15) is 5.82 Å². The summed E-state index contributed by atoms with van der Waals surface area (Å²) in [5.74, 6) is -0.530. The van der Waals surface area contributed by atoms with Crippen molar-refractivity contribution in [2.45, 2.75) is 49.6 Å². The second kappa shape index (κ2) is 8.73. The van der Waals surface area contributed by atoms with E-state index in [1.165, 1.54) is 23.5 Å². The third-order valence-electron chi connectivity index (χ3n) is 4.39. The van der Waals surface area contributed by atoms with E-state index in [0.29, 0.717) is 12.5 Å². The van der Waals surface area contributed by atoms with Crippen LogP contribution in [0.1, 0.15) is 32.6 Å². The van der Waals surface area contributed by atoms with Crippen LogP contribution in [-0.4, -0.2) is 50.9 Å². The van der Waals surface area contributed by atoms with Gasteiger partial charge in [-0.05, 0) is 57.0 Å². The molecule has 0 radical (unpaired) electrons. The van der Waals surface area contributed by atoms with Crippen LogP contribution >= 0.6 is 0 Å². The van der Waals surface area contributed by atoms with Crippen molar-refractivity contribution >= 4 is 15.9 Å². The number of hydrogen-bond donors (Lipinski definition) is 2. The molecule has 2 N–H and O–H groups in total. The molecule has 1 fully saturated rings. The maximum Gasteiger partial charge on any atom is 0.242 e. The van der Waals surface area contributed by atoms with E-state index in [9.17, 15) is 17.6 Å². The topological polar surface area (TPSA) is 78.5 Å². The van der Waals surface area contributed by atoms with Crippen LogP contribution in [-0.2, 0) is 14.8 Å². The summed E-state index contributed by atoms with van der Waals surface area (Å²) in [6.45, 7) is 3.22. The normalized spacial score (nSPS) is 21.3. The molecule has 0 spiro atoms. The first-order chi connectivity index (χ1) is 11.8. The van der Waals surface area contributed by atoms with Crippen molar-refractivity contribution in [2.24, 2.45) is 0 Å². The van der Waals surface area contributed by atoms with Crippen molar-refractivity contribution in [1.29, 1.82) is 0 Å². The quantitative estimate of drug-likeness (QED) is 0.761. The summed E-state index contributed by atoms with van der Waals surface area (Å²) in [6, 6.07) is 5.30. The van der Waals surface area contributed by atoms with Gasteiger partial charge in [-0.15, -0.1) is 0 Å². The molecule has 2 atom stereocenters. The van der Waals surface area contributed by atoms with Gasteiger partial charge in [-0.3, -0.25) is 4.79 Å². The third-order valence-corrected chi connectivity index (χ3v) is 6.26. The van der Waals surface area contributed by atoms with Gasteiger partial charge in [-0.1, -0.05) is 0 Å². The molecule has 0 aromatic heterocycles. The Morgan fingerprint density at radius 2 is 2.04 bits per heavy atom. The van der Waals surface area contributed by atoms with Crippen molar-refractivity contribution in [3.05, 3.63) is 30.1 Å². The molecular weight excluding hydrogens is 345 g/mol. The van der Waals surface area contributed by atoms with Crippen molar-refractivity contribution < 1.29 is 17.6 Å². The summed E-state index contributed by atoms with van der Waals surface area (Å²) >= 11 is 0. The smallest absolute Gasteiger partial charge is 0.242 e. The third kappa shape index (κ3) is 5.76. The number of benzene rings is 1. The molecule has 6 nitrogen and oxygen atoms in total. The van der Waals surface area contributed by atoms with Gasteiger partial charge in [-0.25, -0.2) is 17.1 Å². The lowest BCUT2D eigenvalue weighted by molar-refractivity contribution is -0.122. The molecular formula is C17H26FN3O3S. The molecule has 0 bridgehead atoms. The van der Waals surface area contributed by atoms with Gasteiger partial charge < -0.3 is 10.6 Å². The zero-order valence-electron chi connectivity index (χ0n) is 14.7. The summed E-state index contributed by atoms with van der Waals surface area (Å²) < 4.78 is 38.9. The lowest BCUT2D eigenvalue weighted by Crippen LogP contribution is -2.46. The van der Waals surface area contributed by atoms with Crippen LogP contribution in [0, 0.1) is 5.82 Å². The first kappa shape index (κ1) is 19.8. The van der Waals surface area contributed by atoms with E-state index in [1.807, 2.05) is 0 Å². The van der Waals surface area contributed by atoms with Crippen LogP contribution < -0.4 is 10.6 Å². The lowest BCUT2D eigenvalue weighted by atomic mass is 10.0. The van der Waals surface area contributed by atoms with Crippen molar-refractivity contribution in [1.82, 2.24) is 14.9 Å². The highest BCUT2D eigenvalue weighted by atomic mass is 32.2. The van der Waals surface area contributed by atoms with Crippen molar-refractivity contribution in [3.8, 4) is 0 Å². The fourth-order valence-electron chi connectivity index (χ4n) is 2.93. The van der Waals surface area contributed by atoms with E-state index in [0.717, 1.165) is 31.5 Å². The molecule has 1 heterocycles. The van der Waals surface area contributed by atoms with E-state index in [2.05, 4.69) is 17.6 Å². The number of nitrogens with zero attached hydrogens (tertiary/aromatic N) is 1. The van der Waals surface area contributed by atoms with Crippen LogP contribution in [0.5, 0.6) is 0 Å². The minimum Gasteiger partial charge on any atom is -0.353 e. The highest BCUT2D eigenvalue weighted by Gasteiger charge is 2.22. The standard InChI is InChI=1S/C17H26FN3O3S/c1-13-12-15(9-10-19-13)20-17(22)4-3-11-21(2)25(23,24)16-7-5-14(18)6-8-16/h5-8,13,15,19H,3-4,9-12H2,1-2H3,(H,20,22). The van der Waals surface area contributed by atoms with Crippen molar-refractivity contribution in [2.75, 3.05) is 20.1 Å². The molecule has 2 rings (SSSR count). The molecule has 0 aliphatic carbocycles. The fourth-order valence-corrected chi connectivity index (χ4v) is 4.14. The number of amides is 1. The molecule has 140 valence electrons. The summed E-state index contributed by atoms with van der Waals surface area (Å²) in [5.41, 5.74) is 0. The maximum absolute atomic E-state index is 12.9. The highest BCUT2D eigenvalue weighted by Crippen LogP contribution is 2.15. The Hall–Kier alpha value is -1.51. The largest absolute Gasteiger partial charge is 0.353 e. The van der Waals surface area contributed by atoms with Crippen molar-refractivity contribution in [3.63, 3.8) is 0 Å². The summed E-state index contributed by atoms with van der Waals surface area (Å²) in [6.07, 6.45) is 2.53. The number of carbonyl (C=O) groups is 1. The number of rotatable bonds is 7. The zero-order chi connectivity index (χ0) is 18.4. The minimum atomic E-state index is -3.66. The Bertz CT molecular complexity index is 679. The van der Waals surface area contributed by atoms with Crippen LogP contribution in [0.4, 0.5) is 4.39 Å². The highest BCUT2D eigenvalue weighted by molar-refractivity contribution is 7.89. The van der Waals surface area contributed by atoms with Gasteiger partial charge in [-0.2, -0.15) is 0 Å². The van der Waals surface area contributed by atoms with Gasteiger partial charge in [0.25, 0.3) is 0 Å². The molecule has 1 aromatic carbocycles. The molecule has 1 aliphatic rings. The molecule has 2 unspecified atom stereocenters. The summed E-state index contributed by atoms with van der Waals surface area (Å²) in [4.78, 5) is 12.1. The second-order valence-electron chi connectivity index (χ2n) is 6.53. The molecule has 1 aromatic rings. The Kier molecular flexibility index (Phi) is 6.92. The van der Waals surface area contributed by atoms with E-state index < -0.39 is 15.8 Å². The van der Waals surface area contributed by atoms with Crippen LogP contribution in [0.2, 0.25) is 0 Å². The molecule has 1 aliphatic heterocycles. The molecule has 25 heavy (non-hydrogen) atoms. The Morgan fingerprint density at radius 3 is 2.68 bits per heavy atom. The first-order valence-corrected chi connectivity index (χ1v) is 9.97. The van der Waals surface area contributed by atoms with Crippen LogP contribution in [0.25, 0.3) is 0 Å². The molecule has 0 saturated carbocycles. The monoisotopic (exact) mass is 371 g/mol. The lowest BCUT2D eigenvalue weighted by Gasteiger charge is -2.28. The first-order valence-electron chi connectivity index (χ1n) is 8.53. The maximum atomic E-state index is 12.9.